The summed E-state index contributed by atoms with van der Waals surface area (Å²) in [6.07, 6.45) is 2.36. The van der Waals surface area contributed by atoms with E-state index in [-0.39, 0.29) is 30.1 Å². The van der Waals surface area contributed by atoms with Crippen molar-refractivity contribution in [3.05, 3.63) is 65.7 Å². The van der Waals surface area contributed by atoms with Gasteiger partial charge in [0.15, 0.2) is 0 Å². The number of hydrogen-bond donors (Lipinski definition) is 2. The van der Waals surface area contributed by atoms with Crippen LogP contribution in [0.3, 0.4) is 0 Å². The van der Waals surface area contributed by atoms with Gasteiger partial charge in [-0.3, -0.25) is 14.4 Å². The molecule has 36 heavy (non-hydrogen) atoms. The molecule has 0 spiro atoms. The fourth-order valence-corrected chi connectivity index (χ4v) is 4.51. The van der Waals surface area contributed by atoms with Crippen LogP contribution in [0.5, 0.6) is 5.75 Å². The summed E-state index contributed by atoms with van der Waals surface area (Å²) in [7, 11) is 3.24. The van der Waals surface area contributed by atoms with Gasteiger partial charge in [-0.1, -0.05) is 42.5 Å². The van der Waals surface area contributed by atoms with Crippen molar-refractivity contribution < 1.29 is 23.9 Å². The average Bonchev–Trinajstić information content (AvgIpc) is 2.91. The van der Waals surface area contributed by atoms with Gasteiger partial charge in [0.05, 0.1) is 7.11 Å². The summed E-state index contributed by atoms with van der Waals surface area (Å²) >= 11 is 0. The molecule has 2 N–H and O–H groups in total. The summed E-state index contributed by atoms with van der Waals surface area (Å²) in [4.78, 5) is 40.6. The summed E-state index contributed by atoms with van der Waals surface area (Å²) in [5.41, 5.74) is 2.01. The van der Waals surface area contributed by atoms with Crippen LogP contribution in [0, 0.1) is 5.92 Å². The lowest BCUT2D eigenvalue weighted by Gasteiger charge is -2.38. The summed E-state index contributed by atoms with van der Waals surface area (Å²) in [6, 6.07) is 16.7. The summed E-state index contributed by atoms with van der Waals surface area (Å²) in [5.74, 6) is 0.298. The second kappa shape index (κ2) is 14.2. The van der Waals surface area contributed by atoms with Crippen molar-refractivity contribution in [2.24, 2.45) is 5.92 Å². The minimum absolute atomic E-state index is 0.0218. The minimum atomic E-state index is -0.672. The van der Waals surface area contributed by atoms with Crippen LogP contribution in [0.15, 0.2) is 54.6 Å². The van der Waals surface area contributed by atoms with Crippen molar-refractivity contribution in [1.29, 1.82) is 0 Å². The molecule has 8 heteroatoms. The monoisotopic (exact) mass is 495 g/mol. The van der Waals surface area contributed by atoms with Gasteiger partial charge in [0.2, 0.25) is 17.7 Å². The van der Waals surface area contributed by atoms with Crippen LogP contribution in [-0.4, -0.2) is 62.6 Å². The van der Waals surface area contributed by atoms with Crippen LogP contribution in [0.25, 0.3) is 0 Å². The molecule has 2 unspecified atom stereocenters. The van der Waals surface area contributed by atoms with Crippen molar-refractivity contribution in [3.8, 4) is 5.75 Å². The number of carbonyl (C=O) groups excluding carboxylic acids is 3. The quantitative estimate of drug-likeness (QED) is 0.417. The van der Waals surface area contributed by atoms with Gasteiger partial charge >= 0.3 is 0 Å². The van der Waals surface area contributed by atoms with E-state index in [0.717, 1.165) is 16.9 Å². The number of methoxy groups -OCH3 is 2. The predicted molar refractivity (Wildman–Crippen MR) is 137 cm³/mol. The van der Waals surface area contributed by atoms with E-state index in [9.17, 15) is 14.4 Å². The standard InChI is InChI=1S/C28H37N3O5/c1-35-18-6-17-31(26(33)16-11-21-9-13-24(36-2)14-10-21)27(23-12-15-25(32)29-20-23)28(34)30-19-22-7-4-3-5-8-22/h3-5,7-10,13-14,23,27H,6,11-12,15-20H2,1-2H3,(H,29,32)(H,30,34). The van der Waals surface area contributed by atoms with Gasteiger partial charge in [-0.25, -0.2) is 0 Å². The van der Waals surface area contributed by atoms with E-state index < -0.39 is 6.04 Å². The minimum Gasteiger partial charge on any atom is -0.497 e. The zero-order chi connectivity index (χ0) is 25.8. The molecule has 1 heterocycles. The Morgan fingerprint density at radius 3 is 2.47 bits per heavy atom. The van der Waals surface area contributed by atoms with Crippen molar-refractivity contribution >= 4 is 17.7 Å². The highest BCUT2D eigenvalue weighted by Gasteiger charge is 2.37. The van der Waals surface area contributed by atoms with Crippen molar-refractivity contribution in [1.82, 2.24) is 15.5 Å². The largest absolute Gasteiger partial charge is 0.497 e. The first-order chi connectivity index (χ1) is 17.5. The Morgan fingerprint density at radius 2 is 1.83 bits per heavy atom. The zero-order valence-electron chi connectivity index (χ0n) is 21.2. The molecule has 3 amide bonds. The fourth-order valence-electron chi connectivity index (χ4n) is 4.51. The molecule has 2 atom stereocenters. The number of piperidine rings is 1. The number of nitrogens with one attached hydrogen (secondary N) is 2. The van der Waals surface area contributed by atoms with Gasteiger partial charge in [-0.15, -0.1) is 0 Å². The van der Waals surface area contributed by atoms with Gasteiger partial charge in [0.25, 0.3) is 0 Å². The normalized spacial score (nSPS) is 16.1. The highest BCUT2D eigenvalue weighted by molar-refractivity contribution is 5.88. The summed E-state index contributed by atoms with van der Waals surface area (Å²) in [5, 5.41) is 5.91. The number of amides is 3. The topological polar surface area (TPSA) is 97.0 Å². The molecule has 1 aliphatic heterocycles. The number of aryl methyl sites for hydroxylation is 1. The van der Waals surface area contributed by atoms with Crippen LogP contribution >= 0.6 is 0 Å². The van der Waals surface area contributed by atoms with Crippen LogP contribution in [0.1, 0.15) is 36.8 Å². The molecule has 2 aromatic carbocycles. The molecule has 0 saturated carbocycles. The van der Waals surface area contributed by atoms with E-state index in [1.807, 2.05) is 54.6 Å². The van der Waals surface area contributed by atoms with E-state index >= 15 is 0 Å². The van der Waals surface area contributed by atoms with E-state index in [2.05, 4.69) is 10.6 Å². The van der Waals surface area contributed by atoms with Gasteiger partial charge in [-0.2, -0.15) is 0 Å². The molecule has 0 bridgehead atoms. The fraction of sp³-hybridized carbons (Fsp3) is 0.464. The van der Waals surface area contributed by atoms with Crippen molar-refractivity contribution in [3.63, 3.8) is 0 Å². The van der Waals surface area contributed by atoms with E-state index in [1.165, 1.54) is 0 Å². The molecule has 3 rings (SSSR count). The van der Waals surface area contributed by atoms with Crippen LogP contribution < -0.4 is 15.4 Å². The number of ether oxygens (including phenoxy) is 2. The second-order valence-electron chi connectivity index (χ2n) is 9.03. The Bertz CT molecular complexity index is 970. The van der Waals surface area contributed by atoms with E-state index in [1.54, 1.807) is 19.1 Å². The highest BCUT2D eigenvalue weighted by atomic mass is 16.5. The number of carbonyl (C=O) groups is 3. The molecular weight excluding hydrogens is 458 g/mol. The van der Waals surface area contributed by atoms with Gasteiger partial charge in [-0.05, 0) is 42.5 Å². The maximum atomic E-state index is 13.6. The third-order valence-electron chi connectivity index (χ3n) is 6.52. The molecule has 1 saturated heterocycles. The molecule has 1 aliphatic rings. The van der Waals surface area contributed by atoms with Crippen molar-refractivity contribution in [2.45, 2.75) is 44.7 Å². The Kier molecular flexibility index (Phi) is 10.8. The number of benzene rings is 2. The predicted octanol–water partition coefficient (Wildman–Crippen LogP) is 2.70. The molecule has 0 aromatic heterocycles. The maximum Gasteiger partial charge on any atom is 0.243 e. The maximum absolute atomic E-state index is 13.6. The molecule has 8 nitrogen and oxygen atoms in total. The Hall–Kier alpha value is -3.39. The second-order valence-corrected chi connectivity index (χ2v) is 9.03. The third kappa shape index (κ3) is 8.09. The summed E-state index contributed by atoms with van der Waals surface area (Å²) < 4.78 is 10.4. The van der Waals surface area contributed by atoms with Gasteiger partial charge in [0, 0.05) is 52.1 Å². The van der Waals surface area contributed by atoms with Crippen LogP contribution in [0.4, 0.5) is 0 Å². The first kappa shape index (κ1) is 27.2. The molecule has 0 radical (unpaired) electrons. The molecule has 2 aromatic rings. The smallest absolute Gasteiger partial charge is 0.243 e. The van der Waals surface area contributed by atoms with Gasteiger partial charge < -0.3 is 25.0 Å². The third-order valence-corrected chi connectivity index (χ3v) is 6.52. The lowest BCUT2D eigenvalue weighted by molar-refractivity contribution is -0.144. The Labute approximate surface area is 213 Å². The van der Waals surface area contributed by atoms with Crippen LogP contribution in [-0.2, 0) is 32.1 Å². The zero-order valence-corrected chi connectivity index (χ0v) is 21.2. The first-order valence-corrected chi connectivity index (χ1v) is 12.5. The number of rotatable bonds is 13. The Balaban J connectivity index is 1.77. The highest BCUT2D eigenvalue weighted by Crippen LogP contribution is 2.23. The van der Waals surface area contributed by atoms with Crippen molar-refractivity contribution in [2.75, 3.05) is 33.9 Å². The van der Waals surface area contributed by atoms with Gasteiger partial charge in [0.1, 0.15) is 11.8 Å². The Morgan fingerprint density at radius 1 is 1.08 bits per heavy atom. The average molecular weight is 496 g/mol. The lowest BCUT2D eigenvalue weighted by Crippen LogP contribution is -2.57. The number of hydrogen-bond acceptors (Lipinski definition) is 5. The first-order valence-electron chi connectivity index (χ1n) is 12.5. The number of nitrogens with zero attached hydrogens (tertiary/aromatic N) is 1. The molecular formula is C28H37N3O5. The van der Waals surface area contributed by atoms with Crippen LogP contribution in [0.2, 0.25) is 0 Å². The van der Waals surface area contributed by atoms with E-state index in [0.29, 0.717) is 51.9 Å². The summed E-state index contributed by atoms with van der Waals surface area (Å²) in [6.45, 7) is 1.64. The SMILES string of the molecule is COCCCN(C(=O)CCc1ccc(OC)cc1)C(C(=O)NCc1ccccc1)C1CCC(=O)NC1. The molecule has 0 aliphatic carbocycles. The molecule has 1 fully saturated rings. The van der Waals surface area contributed by atoms with E-state index in [4.69, 9.17) is 9.47 Å². The molecule has 194 valence electrons. The lowest BCUT2D eigenvalue weighted by atomic mass is 9.89.